The van der Waals surface area contributed by atoms with E-state index in [1.54, 1.807) is 0 Å². The van der Waals surface area contributed by atoms with E-state index >= 15 is 0 Å². The summed E-state index contributed by atoms with van der Waals surface area (Å²) in [5, 5.41) is 3.00. The van der Waals surface area contributed by atoms with E-state index in [2.05, 4.69) is 57.7 Å². The fourth-order valence-electron chi connectivity index (χ4n) is 4.08. The number of hydrogen-bond acceptors (Lipinski definition) is 4. The first kappa shape index (κ1) is 17.8. The molecule has 3 heterocycles. The number of carbonyl (C=O) groups is 1. The molecule has 0 radical (unpaired) electrons. The second kappa shape index (κ2) is 7.59. The predicted octanol–water partition coefficient (Wildman–Crippen LogP) is 3.44. The molecule has 0 saturated carbocycles. The van der Waals surface area contributed by atoms with Crippen LogP contribution in [0.25, 0.3) is 0 Å². The Bertz CT molecular complexity index is 800. The highest BCUT2D eigenvalue weighted by Gasteiger charge is 2.26. The fourth-order valence-corrected chi connectivity index (χ4v) is 4.08. The molecule has 1 saturated heterocycles. The number of carbonyl (C=O) groups excluding carboxylic acids is 1. The van der Waals surface area contributed by atoms with Gasteiger partial charge in [0, 0.05) is 31.8 Å². The number of rotatable bonds is 3. The van der Waals surface area contributed by atoms with Crippen molar-refractivity contribution in [2.45, 2.75) is 45.6 Å². The summed E-state index contributed by atoms with van der Waals surface area (Å²) in [7, 11) is 0. The van der Waals surface area contributed by atoms with Gasteiger partial charge in [0.25, 0.3) is 0 Å². The Morgan fingerprint density at radius 3 is 2.81 bits per heavy atom. The maximum absolute atomic E-state index is 12.0. The van der Waals surface area contributed by atoms with Crippen LogP contribution in [0, 0.1) is 5.92 Å². The molecule has 0 atom stereocenters. The molecule has 4 rings (SSSR count). The van der Waals surface area contributed by atoms with E-state index in [0.29, 0.717) is 12.3 Å². The fraction of sp³-hybridized carbons (Fsp3) is 0.455. The molecule has 0 bridgehead atoms. The molecule has 1 fully saturated rings. The molecule has 5 heteroatoms. The van der Waals surface area contributed by atoms with E-state index in [0.717, 1.165) is 44.0 Å². The minimum atomic E-state index is 0.181. The van der Waals surface area contributed by atoms with E-state index in [1.807, 2.05) is 13.8 Å². The third kappa shape index (κ3) is 3.92. The number of likely N-dealkylation sites (tertiary alicyclic amines) is 1. The van der Waals surface area contributed by atoms with Gasteiger partial charge >= 0.3 is 0 Å². The molecule has 1 aromatic carbocycles. The second-order valence-corrected chi connectivity index (χ2v) is 7.91. The van der Waals surface area contributed by atoms with Crippen molar-refractivity contribution in [2.24, 2.45) is 10.9 Å². The summed E-state index contributed by atoms with van der Waals surface area (Å²) in [5.74, 6) is 2.72. The van der Waals surface area contributed by atoms with Gasteiger partial charge in [-0.05, 0) is 62.8 Å². The number of allylic oxidation sites excluding steroid dienone is 1. The second-order valence-electron chi connectivity index (χ2n) is 7.91. The van der Waals surface area contributed by atoms with Crippen LogP contribution >= 0.6 is 0 Å². The highest BCUT2D eigenvalue weighted by atomic mass is 16.1. The van der Waals surface area contributed by atoms with E-state index in [9.17, 15) is 4.79 Å². The van der Waals surface area contributed by atoms with Crippen molar-refractivity contribution in [1.29, 1.82) is 0 Å². The first-order chi connectivity index (χ1) is 13.1. The van der Waals surface area contributed by atoms with Gasteiger partial charge in [0.2, 0.25) is 5.91 Å². The summed E-state index contributed by atoms with van der Waals surface area (Å²) in [6.45, 7) is 5.95. The molecule has 1 amide bonds. The Balaban J connectivity index is 1.37. The number of nitrogens with zero attached hydrogens (tertiary/aromatic N) is 3. The number of anilines is 1. The van der Waals surface area contributed by atoms with Gasteiger partial charge < -0.3 is 15.1 Å². The Kier molecular flexibility index (Phi) is 5.01. The zero-order valence-electron chi connectivity index (χ0n) is 16.2. The van der Waals surface area contributed by atoms with Crippen LogP contribution in [0.2, 0.25) is 0 Å². The molecular weight excluding hydrogens is 336 g/mol. The molecule has 0 aromatic heterocycles. The maximum Gasteiger partial charge on any atom is 0.220 e. The SMILES string of the molecule is CC(C)NC(=O)CC1CCN(C2=NC3=CCc4ccccc4N3C=C2)CC1. The molecule has 142 valence electrons. The largest absolute Gasteiger partial charge is 0.356 e. The van der Waals surface area contributed by atoms with Crippen LogP contribution < -0.4 is 10.2 Å². The third-order valence-corrected chi connectivity index (χ3v) is 5.47. The van der Waals surface area contributed by atoms with Gasteiger partial charge in [-0.25, -0.2) is 4.99 Å². The third-order valence-electron chi connectivity index (χ3n) is 5.47. The van der Waals surface area contributed by atoms with Gasteiger partial charge in [0.05, 0.1) is 5.69 Å². The standard InChI is InChI=1S/C22H28N4O/c1-16(2)23-22(27)15-17-9-12-25(13-10-17)20-11-14-26-19-6-4-3-5-18(19)7-8-21(26)24-20/h3-6,8,11,14,16-17H,7,9-10,12-13,15H2,1-2H3,(H,23,27). The number of para-hydroxylation sites is 1. The lowest BCUT2D eigenvalue weighted by Gasteiger charge is -2.36. The normalized spacial score (nSPS) is 19.4. The van der Waals surface area contributed by atoms with Crippen LogP contribution in [0.15, 0.2) is 53.4 Å². The first-order valence-electron chi connectivity index (χ1n) is 9.98. The number of amides is 1. The number of fused-ring (bicyclic) bond motifs is 3. The summed E-state index contributed by atoms with van der Waals surface area (Å²) in [4.78, 5) is 21.4. The van der Waals surface area contributed by atoms with Crippen LogP contribution in [-0.4, -0.2) is 35.8 Å². The maximum atomic E-state index is 12.0. The molecule has 0 aliphatic carbocycles. The minimum absolute atomic E-state index is 0.181. The van der Waals surface area contributed by atoms with Crippen LogP contribution in [0.3, 0.4) is 0 Å². The van der Waals surface area contributed by atoms with E-state index in [4.69, 9.17) is 4.99 Å². The van der Waals surface area contributed by atoms with Crippen LogP contribution in [0.1, 0.15) is 38.7 Å². The molecule has 27 heavy (non-hydrogen) atoms. The van der Waals surface area contributed by atoms with Crippen LogP contribution in [-0.2, 0) is 11.2 Å². The minimum Gasteiger partial charge on any atom is -0.356 e. The summed E-state index contributed by atoms with van der Waals surface area (Å²) in [5.41, 5.74) is 2.56. The van der Waals surface area contributed by atoms with Gasteiger partial charge in [-0.3, -0.25) is 4.79 Å². The first-order valence-corrected chi connectivity index (χ1v) is 9.98. The Morgan fingerprint density at radius 1 is 1.26 bits per heavy atom. The lowest BCUT2D eigenvalue weighted by atomic mass is 9.93. The Morgan fingerprint density at radius 2 is 2.04 bits per heavy atom. The number of amidine groups is 1. The monoisotopic (exact) mass is 364 g/mol. The topological polar surface area (TPSA) is 47.9 Å². The summed E-state index contributed by atoms with van der Waals surface area (Å²) in [6, 6.07) is 8.72. The molecule has 1 N–H and O–H groups in total. The zero-order chi connectivity index (χ0) is 18.8. The molecule has 3 aliphatic rings. The molecule has 3 aliphatic heterocycles. The lowest BCUT2D eigenvalue weighted by Crippen LogP contribution is -2.41. The molecule has 5 nitrogen and oxygen atoms in total. The zero-order valence-corrected chi connectivity index (χ0v) is 16.2. The smallest absolute Gasteiger partial charge is 0.220 e. The average Bonchev–Trinajstić information content (AvgIpc) is 2.67. The quantitative estimate of drug-likeness (QED) is 0.894. The van der Waals surface area contributed by atoms with E-state index in [1.165, 1.54) is 11.3 Å². The van der Waals surface area contributed by atoms with Crippen molar-refractivity contribution in [2.75, 3.05) is 18.0 Å². The summed E-state index contributed by atoms with van der Waals surface area (Å²) < 4.78 is 0. The van der Waals surface area contributed by atoms with Gasteiger partial charge in [0.15, 0.2) is 0 Å². The van der Waals surface area contributed by atoms with Crippen molar-refractivity contribution < 1.29 is 4.79 Å². The number of aliphatic imine (C=N–C) groups is 1. The predicted molar refractivity (Wildman–Crippen MR) is 109 cm³/mol. The highest BCUT2D eigenvalue weighted by molar-refractivity contribution is 5.96. The number of piperidine rings is 1. The van der Waals surface area contributed by atoms with E-state index < -0.39 is 0 Å². The lowest BCUT2D eigenvalue weighted by molar-refractivity contribution is -0.122. The number of hydrogen-bond donors (Lipinski definition) is 1. The Hall–Kier alpha value is -2.56. The van der Waals surface area contributed by atoms with E-state index in [-0.39, 0.29) is 11.9 Å². The van der Waals surface area contributed by atoms with Gasteiger partial charge in [-0.15, -0.1) is 0 Å². The number of nitrogens with one attached hydrogen (secondary N) is 1. The van der Waals surface area contributed by atoms with Gasteiger partial charge in [-0.2, -0.15) is 0 Å². The summed E-state index contributed by atoms with van der Waals surface area (Å²) in [6.07, 6.45) is 10.1. The Labute approximate surface area is 161 Å². The van der Waals surface area contributed by atoms with Crippen molar-refractivity contribution in [3.63, 3.8) is 0 Å². The summed E-state index contributed by atoms with van der Waals surface area (Å²) >= 11 is 0. The highest BCUT2D eigenvalue weighted by Crippen LogP contribution is 2.32. The van der Waals surface area contributed by atoms with Crippen molar-refractivity contribution in [3.05, 3.63) is 54.0 Å². The number of benzene rings is 1. The van der Waals surface area contributed by atoms with Crippen LogP contribution in [0.5, 0.6) is 0 Å². The average molecular weight is 364 g/mol. The van der Waals surface area contributed by atoms with Gasteiger partial charge in [-0.1, -0.05) is 18.2 Å². The molecule has 1 aromatic rings. The molecular formula is C22H28N4O. The van der Waals surface area contributed by atoms with Crippen molar-refractivity contribution in [3.8, 4) is 0 Å². The molecule has 0 unspecified atom stereocenters. The van der Waals surface area contributed by atoms with Crippen molar-refractivity contribution in [1.82, 2.24) is 10.2 Å². The van der Waals surface area contributed by atoms with Gasteiger partial charge in [0.1, 0.15) is 11.7 Å². The molecule has 0 spiro atoms. The van der Waals surface area contributed by atoms with Crippen LogP contribution in [0.4, 0.5) is 5.69 Å². The van der Waals surface area contributed by atoms with Crippen molar-refractivity contribution >= 4 is 17.4 Å².